The minimum Gasteiger partial charge on any atom is -0.495 e. The molecule has 21 heavy (non-hydrogen) atoms. The first-order chi connectivity index (χ1) is 10.2. The van der Waals surface area contributed by atoms with Crippen molar-refractivity contribution in [2.75, 3.05) is 7.11 Å². The summed E-state index contributed by atoms with van der Waals surface area (Å²) in [5, 5.41) is 12.0. The van der Waals surface area contributed by atoms with E-state index in [1.165, 1.54) is 0 Å². The molecule has 1 aromatic heterocycles. The van der Waals surface area contributed by atoms with E-state index in [1.54, 1.807) is 31.5 Å². The van der Waals surface area contributed by atoms with Crippen LogP contribution in [0, 0.1) is 0 Å². The highest BCUT2D eigenvalue weighted by Gasteiger charge is 2.13. The first-order valence-electron chi connectivity index (χ1n) is 6.55. The lowest BCUT2D eigenvalue weighted by Crippen LogP contribution is -2.01. The molecule has 0 amide bonds. The fourth-order valence-corrected chi connectivity index (χ4v) is 2.55. The fraction of sp³-hybridized carbons (Fsp3) is 0.118. The summed E-state index contributed by atoms with van der Waals surface area (Å²) in [6, 6.07) is 15.0. The van der Waals surface area contributed by atoms with Crippen LogP contribution in [0.25, 0.3) is 10.9 Å². The summed E-state index contributed by atoms with van der Waals surface area (Å²) in [6.07, 6.45) is 0.913. The predicted octanol–water partition coefficient (Wildman–Crippen LogP) is 3.98. The molecule has 0 fully saturated rings. The van der Waals surface area contributed by atoms with E-state index in [0.717, 1.165) is 16.5 Å². The number of rotatable bonds is 3. The van der Waals surface area contributed by atoms with E-state index >= 15 is 0 Å². The second-order valence-electron chi connectivity index (χ2n) is 4.76. The van der Waals surface area contributed by atoms with Gasteiger partial charge in [0.05, 0.1) is 17.6 Å². The van der Waals surface area contributed by atoms with Gasteiger partial charge in [0.25, 0.3) is 0 Å². The molecule has 106 valence electrons. The van der Waals surface area contributed by atoms with E-state index in [9.17, 15) is 5.11 Å². The Morgan fingerprint density at radius 3 is 2.67 bits per heavy atom. The van der Waals surface area contributed by atoms with Gasteiger partial charge in [-0.25, -0.2) is 0 Å². The van der Waals surface area contributed by atoms with Crippen molar-refractivity contribution in [3.8, 4) is 5.75 Å². The van der Waals surface area contributed by atoms with Crippen molar-refractivity contribution in [2.45, 2.75) is 6.10 Å². The van der Waals surface area contributed by atoms with Crippen LogP contribution in [0.4, 0.5) is 0 Å². The molecule has 3 rings (SSSR count). The Kier molecular flexibility index (Phi) is 3.78. The van der Waals surface area contributed by atoms with Crippen molar-refractivity contribution in [3.05, 3.63) is 70.9 Å². The minimum atomic E-state index is -0.773. The molecule has 0 aliphatic rings. The maximum atomic E-state index is 10.5. The van der Waals surface area contributed by atoms with E-state index in [0.29, 0.717) is 16.3 Å². The molecule has 2 aromatic carbocycles. The third-order valence-electron chi connectivity index (χ3n) is 3.42. The third-order valence-corrected chi connectivity index (χ3v) is 3.71. The number of halogens is 1. The number of hydrogen-bond donors (Lipinski definition) is 1. The number of benzene rings is 2. The maximum Gasteiger partial charge on any atom is 0.137 e. The number of ether oxygens (including phenoxy) is 1. The SMILES string of the molecule is COc1ccc(C(O)c2cnc3ccccc3c2)cc1Cl. The van der Waals surface area contributed by atoms with Crippen molar-refractivity contribution < 1.29 is 9.84 Å². The molecule has 1 atom stereocenters. The fourth-order valence-electron chi connectivity index (χ4n) is 2.28. The molecule has 1 unspecified atom stereocenters. The summed E-state index contributed by atoms with van der Waals surface area (Å²) in [6.45, 7) is 0. The third kappa shape index (κ3) is 2.71. The summed E-state index contributed by atoms with van der Waals surface area (Å²) >= 11 is 6.10. The van der Waals surface area contributed by atoms with Gasteiger partial charge in [0, 0.05) is 17.1 Å². The van der Waals surface area contributed by atoms with Crippen LogP contribution in [-0.2, 0) is 0 Å². The quantitative estimate of drug-likeness (QED) is 0.795. The van der Waals surface area contributed by atoms with Gasteiger partial charge in [-0.1, -0.05) is 35.9 Å². The summed E-state index contributed by atoms with van der Waals surface area (Å²) in [5.74, 6) is 0.587. The Labute approximate surface area is 127 Å². The topological polar surface area (TPSA) is 42.4 Å². The molecular formula is C17H14ClNO2. The van der Waals surface area contributed by atoms with Crippen LogP contribution in [0.15, 0.2) is 54.7 Å². The van der Waals surface area contributed by atoms with Crippen LogP contribution in [0.1, 0.15) is 17.2 Å². The highest BCUT2D eigenvalue weighted by Crippen LogP contribution is 2.30. The number of methoxy groups -OCH3 is 1. The molecule has 0 saturated carbocycles. The normalized spacial score (nSPS) is 12.3. The average molecular weight is 300 g/mol. The van der Waals surface area contributed by atoms with Gasteiger partial charge in [-0.2, -0.15) is 0 Å². The largest absolute Gasteiger partial charge is 0.495 e. The Morgan fingerprint density at radius 2 is 1.90 bits per heavy atom. The Morgan fingerprint density at radius 1 is 1.10 bits per heavy atom. The molecule has 0 saturated heterocycles. The number of aliphatic hydroxyl groups is 1. The van der Waals surface area contributed by atoms with Gasteiger partial charge >= 0.3 is 0 Å². The summed E-state index contributed by atoms with van der Waals surface area (Å²) < 4.78 is 5.12. The molecule has 1 heterocycles. The molecule has 1 N–H and O–H groups in total. The second kappa shape index (κ2) is 5.72. The van der Waals surface area contributed by atoms with E-state index in [-0.39, 0.29) is 0 Å². The van der Waals surface area contributed by atoms with E-state index in [4.69, 9.17) is 16.3 Å². The number of hydrogen-bond acceptors (Lipinski definition) is 3. The first kappa shape index (κ1) is 13.9. The van der Waals surface area contributed by atoms with Crippen LogP contribution in [0.3, 0.4) is 0 Å². The van der Waals surface area contributed by atoms with Crippen molar-refractivity contribution in [1.29, 1.82) is 0 Å². The number of aliphatic hydroxyl groups excluding tert-OH is 1. The smallest absolute Gasteiger partial charge is 0.137 e. The van der Waals surface area contributed by atoms with Crippen LogP contribution in [0.5, 0.6) is 5.75 Å². The Balaban J connectivity index is 1.99. The number of fused-ring (bicyclic) bond motifs is 1. The first-order valence-corrected chi connectivity index (χ1v) is 6.93. The molecule has 3 aromatic rings. The van der Waals surface area contributed by atoms with Crippen molar-refractivity contribution >= 4 is 22.5 Å². The van der Waals surface area contributed by atoms with Gasteiger partial charge in [0.1, 0.15) is 11.9 Å². The average Bonchev–Trinajstić information content (AvgIpc) is 2.53. The van der Waals surface area contributed by atoms with Crippen LogP contribution < -0.4 is 4.74 Å². The lowest BCUT2D eigenvalue weighted by atomic mass is 10.0. The van der Waals surface area contributed by atoms with E-state index in [1.807, 2.05) is 30.3 Å². The maximum absolute atomic E-state index is 10.5. The van der Waals surface area contributed by atoms with Gasteiger partial charge in [0.15, 0.2) is 0 Å². The van der Waals surface area contributed by atoms with E-state index in [2.05, 4.69) is 4.98 Å². The Hall–Kier alpha value is -2.10. The van der Waals surface area contributed by atoms with Gasteiger partial charge in [-0.05, 0) is 29.8 Å². The number of para-hydroxylation sites is 1. The van der Waals surface area contributed by atoms with Gasteiger partial charge in [0.2, 0.25) is 0 Å². The predicted molar refractivity (Wildman–Crippen MR) is 83.8 cm³/mol. The summed E-state index contributed by atoms with van der Waals surface area (Å²) in [7, 11) is 1.56. The Bertz CT molecular complexity index is 789. The van der Waals surface area contributed by atoms with Gasteiger partial charge in [-0.3, -0.25) is 4.98 Å². The molecule has 0 aliphatic carbocycles. The van der Waals surface area contributed by atoms with Crippen LogP contribution in [0.2, 0.25) is 5.02 Å². The number of aromatic nitrogens is 1. The zero-order chi connectivity index (χ0) is 14.8. The molecular weight excluding hydrogens is 286 g/mol. The standard InChI is InChI=1S/C17H14ClNO2/c1-21-16-7-6-12(9-14(16)18)17(20)13-8-11-4-2-3-5-15(11)19-10-13/h2-10,17,20H,1H3. The lowest BCUT2D eigenvalue weighted by molar-refractivity contribution is 0.220. The zero-order valence-electron chi connectivity index (χ0n) is 11.5. The monoisotopic (exact) mass is 299 g/mol. The molecule has 0 radical (unpaired) electrons. The zero-order valence-corrected chi connectivity index (χ0v) is 12.2. The van der Waals surface area contributed by atoms with Crippen molar-refractivity contribution in [3.63, 3.8) is 0 Å². The number of nitrogens with zero attached hydrogens (tertiary/aromatic N) is 1. The lowest BCUT2D eigenvalue weighted by Gasteiger charge is -2.13. The molecule has 0 spiro atoms. The van der Waals surface area contributed by atoms with Crippen LogP contribution in [-0.4, -0.2) is 17.2 Å². The van der Waals surface area contributed by atoms with E-state index < -0.39 is 6.10 Å². The molecule has 3 nitrogen and oxygen atoms in total. The molecule has 0 aliphatic heterocycles. The summed E-state index contributed by atoms with van der Waals surface area (Å²) in [4.78, 5) is 4.37. The van der Waals surface area contributed by atoms with Crippen LogP contribution >= 0.6 is 11.6 Å². The van der Waals surface area contributed by atoms with Gasteiger partial charge in [-0.15, -0.1) is 0 Å². The van der Waals surface area contributed by atoms with Gasteiger partial charge < -0.3 is 9.84 Å². The highest BCUT2D eigenvalue weighted by molar-refractivity contribution is 6.32. The second-order valence-corrected chi connectivity index (χ2v) is 5.17. The minimum absolute atomic E-state index is 0.475. The van der Waals surface area contributed by atoms with Crippen molar-refractivity contribution in [2.24, 2.45) is 0 Å². The molecule has 0 bridgehead atoms. The summed E-state index contributed by atoms with van der Waals surface area (Å²) in [5.41, 5.74) is 2.34. The highest BCUT2D eigenvalue weighted by atomic mass is 35.5. The number of pyridine rings is 1. The molecule has 4 heteroatoms. The van der Waals surface area contributed by atoms with Crippen molar-refractivity contribution in [1.82, 2.24) is 4.98 Å².